The maximum absolute atomic E-state index is 15.3. The number of benzene rings is 2. The lowest BCUT2D eigenvalue weighted by Crippen LogP contribution is -2.42. The van der Waals surface area contributed by atoms with Gasteiger partial charge in [0.1, 0.15) is 17.5 Å². The monoisotopic (exact) mass is 541 g/mol. The summed E-state index contributed by atoms with van der Waals surface area (Å²) < 4.78 is 75.4. The fourth-order valence-electron chi connectivity index (χ4n) is 4.02. The summed E-state index contributed by atoms with van der Waals surface area (Å²) in [5, 5.41) is 2.90. The minimum atomic E-state index is -4.91. The van der Waals surface area contributed by atoms with E-state index in [9.17, 15) is 27.2 Å². The molecule has 1 aliphatic rings. The number of nitrogens with one attached hydrogen (secondary N) is 2. The molecule has 0 bridgehead atoms. The highest BCUT2D eigenvalue weighted by Gasteiger charge is 2.38. The Morgan fingerprint density at radius 1 is 1.16 bits per heavy atom. The Labute approximate surface area is 212 Å². The van der Waals surface area contributed by atoms with E-state index in [0.717, 1.165) is 12.1 Å². The van der Waals surface area contributed by atoms with Crippen LogP contribution in [0.4, 0.5) is 22.0 Å². The molecule has 0 aliphatic heterocycles. The van der Waals surface area contributed by atoms with Gasteiger partial charge in [0, 0.05) is 40.4 Å². The van der Waals surface area contributed by atoms with Gasteiger partial charge in [-0.15, -0.1) is 0 Å². The van der Waals surface area contributed by atoms with Crippen LogP contribution in [0.15, 0.2) is 41.2 Å². The van der Waals surface area contributed by atoms with E-state index in [2.05, 4.69) is 15.3 Å². The molecular weight excluding hydrogens is 521 g/mol. The van der Waals surface area contributed by atoms with Crippen molar-refractivity contribution in [3.63, 3.8) is 0 Å². The molecule has 1 aliphatic carbocycles. The largest absolute Gasteiger partial charge is 0.417 e. The highest BCUT2D eigenvalue weighted by atomic mass is 35.5. The van der Waals surface area contributed by atoms with E-state index in [4.69, 9.17) is 16.3 Å². The molecule has 0 radical (unpaired) electrons. The van der Waals surface area contributed by atoms with Gasteiger partial charge in [0.15, 0.2) is 0 Å². The van der Waals surface area contributed by atoms with Crippen LogP contribution < -0.4 is 10.9 Å². The molecule has 1 aromatic heterocycles. The van der Waals surface area contributed by atoms with Gasteiger partial charge in [0.2, 0.25) is 5.91 Å². The number of amides is 1. The number of aromatic amines is 1. The molecule has 0 spiro atoms. The zero-order chi connectivity index (χ0) is 26.9. The second kappa shape index (κ2) is 10.6. The Morgan fingerprint density at radius 3 is 2.57 bits per heavy atom. The number of aromatic nitrogens is 2. The van der Waals surface area contributed by atoms with Gasteiger partial charge < -0.3 is 15.0 Å². The van der Waals surface area contributed by atoms with Crippen LogP contribution in [-0.4, -0.2) is 22.0 Å². The van der Waals surface area contributed by atoms with Gasteiger partial charge in [0.25, 0.3) is 5.56 Å². The Morgan fingerprint density at radius 2 is 1.89 bits per heavy atom. The zero-order valence-electron chi connectivity index (χ0n) is 19.4. The average Bonchev–Trinajstić information content (AvgIpc) is 2.77. The smallest absolute Gasteiger partial charge is 0.373 e. The molecular formula is C25H21ClF5N3O3. The van der Waals surface area contributed by atoms with E-state index in [1.807, 2.05) is 0 Å². The molecule has 4 rings (SSSR count). The van der Waals surface area contributed by atoms with Crippen molar-refractivity contribution < 1.29 is 31.5 Å². The number of hydrogen-bond donors (Lipinski definition) is 2. The SMILES string of the molecule is Cc1cc(=O)[nH]c(-c2c(C(F)(F)F)ccc(CNC(=O)[C@H]3C[C@H](OCc4cc(Cl)ccc4F)C3)c2F)n1. The molecule has 12 heteroatoms. The second-order valence-corrected chi connectivity index (χ2v) is 9.19. The highest BCUT2D eigenvalue weighted by molar-refractivity contribution is 6.30. The third-order valence-corrected chi connectivity index (χ3v) is 6.27. The lowest BCUT2D eigenvalue weighted by atomic mass is 9.81. The predicted octanol–water partition coefficient (Wildman–Crippen LogP) is 5.31. The van der Waals surface area contributed by atoms with E-state index in [1.54, 1.807) is 0 Å². The van der Waals surface area contributed by atoms with Gasteiger partial charge in [-0.3, -0.25) is 9.59 Å². The summed E-state index contributed by atoms with van der Waals surface area (Å²) in [5.74, 6) is -3.13. The molecule has 6 nitrogen and oxygen atoms in total. The summed E-state index contributed by atoms with van der Waals surface area (Å²) in [6.45, 7) is 1.01. The number of rotatable bonds is 7. The first-order chi connectivity index (χ1) is 17.4. The van der Waals surface area contributed by atoms with E-state index in [0.29, 0.717) is 29.5 Å². The number of alkyl halides is 3. The van der Waals surface area contributed by atoms with Gasteiger partial charge in [-0.1, -0.05) is 17.7 Å². The molecule has 0 unspecified atom stereocenters. The zero-order valence-corrected chi connectivity index (χ0v) is 20.1. The first-order valence-corrected chi connectivity index (χ1v) is 11.6. The Hall–Kier alpha value is -3.31. The van der Waals surface area contributed by atoms with E-state index in [-0.39, 0.29) is 30.5 Å². The maximum atomic E-state index is 15.3. The van der Waals surface area contributed by atoms with E-state index in [1.165, 1.54) is 25.1 Å². The van der Waals surface area contributed by atoms with Crippen LogP contribution in [0.3, 0.4) is 0 Å². The van der Waals surface area contributed by atoms with Crippen molar-refractivity contribution >= 4 is 17.5 Å². The molecule has 3 aromatic rings. The van der Waals surface area contributed by atoms with Gasteiger partial charge in [-0.25, -0.2) is 13.8 Å². The topological polar surface area (TPSA) is 84.1 Å². The van der Waals surface area contributed by atoms with Crippen LogP contribution in [0.1, 0.15) is 35.2 Å². The standard InChI is InChI=1S/C25H21ClF5N3O3/c1-12-6-20(35)34-23(33-12)21-18(25(29,30)31)4-2-13(22(21)28)10-32-24(36)14-8-17(9-14)37-11-15-7-16(26)3-5-19(15)27/h2-7,14,17H,8-11H2,1H3,(H,32,36)(H,33,34,35)/t14-,17-. The molecule has 1 fully saturated rings. The first kappa shape index (κ1) is 26.7. The van der Waals surface area contributed by atoms with Gasteiger partial charge in [-0.05, 0) is 44.0 Å². The summed E-state index contributed by atoms with van der Waals surface area (Å²) >= 11 is 5.85. The number of halogens is 6. The highest BCUT2D eigenvalue weighted by Crippen LogP contribution is 2.38. The Balaban J connectivity index is 1.41. The number of aryl methyl sites for hydroxylation is 1. The fourth-order valence-corrected chi connectivity index (χ4v) is 4.22. The quantitative estimate of drug-likeness (QED) is 0.397. The van der Waals surface area contributed by atoms with Crippen molar-refractivity contribution in [1.29, 1.82) is 0 Å². The number of H-pyrrole nitrogens is 1. The van der Waals surface area contributed by atoms with Crippen LogP contribution in [0, 0.1) is 24.5 Å². The van der Waals surface area contributed by atoms with Crippen LogP contribution >= 0.6 is 11.6 Å². The van der Waals surface area contributed by atoms with E-state index >= 15 is 4.39 Å². The van der Waals surface area contributed by atoms with Crippen molar-refractivity contribution in [2.45, 2.75) is 45.2 Å². The van der Waals surface area contributed by atoms with Crippen LogP contribution in [0.5, 0.6) is 0 Å². The van der Waals surface area contributed by atoms with Crippen LogP contribution in [0.25, 0.3) is 11.4 Å². The first-order valence-electron chi connectivity index (χ1n) is 11.2. The van der Waals surface area contributed by atoms with Crippen LogP contribution in [0.2, 0.25) is 5.02 Å². The Kier molecular flexibility index (Phi) is 7.65. The lowest BCUT2D eigenvalue weighted by Gasteiger charge is -2.34. The molecule has 1 amide bonds. The summed E-state index contributed by atoms with van der Waals surface area (Å²) in [7, 11) is 0. The summed E-state index contributed by atoms with van der Waals surface area (Å²) in [5.41, 5.74) is -2.73. The van der Waals surface area contributed by atoms with Crippen molar-refractivity contribution in [2.24, 2.45) is 5.92 Å². The van der Waals surface area contributed by atoms with Crippen molar-refractivity contribution in [2.75, 3.05) is 0 Å². The predicted molar refractivity (Wildman–Crippen MR) is 125 cm³/mol. The Bertz CT molecular complexity index is 1390. The number of ether oxygens (including phenoxy) is 1. The second-order valence-electron chi connectivity index (χ2n) is 8.75. The molecule has 196 valence electrons. The molecule has 0 atom stereocenters. The molecule has 2 N–H and O–H groups in total. The summed E-state index contributed by atoms with van der Waals surface area (Å²) in [6, 6.07) is 6.79. The molecule has 37 heavy (non-hydrogen) atoms. The summed E-state index contributed by atoms with van der Waals surface area (Å²) in [6.07, 6.45) is -4.49. The minimum absolute atomic E-state index is 0.0139. The van der Waals surface area contributed by atoms with Crippen molar-refractivity contribution in [1.82, 2.24) is 15.3 Å². The number of carbonyl (C=O) groups is 1. The molecule has 0 saturated heterocycles. The van der Waals surface area contributed by atoms with Gasteiger partial charge >= 0.3 is 6.18 Å². The third-order valence-electron chi connectivity index (χ3n) is 6.03. The number of carbonyl (C=O) groups excluding carboxylic acids is 1. The third kappa shape index (κ3) is 6.16. The molecule has 2 aromatic carbocycles. The average molecular weight is 542 g/mol. The van der Waals surface area contributed by atoms with Crippen molar-refractivity contribution in [3.05, 3.63) is 85.8 Å². The minimum Gasteiger partial charge on any atom is -0.373 e. The summed E-state index contributed by atoms with van der Waals surface area (Å²) in [4.78, 5) is 30.3. The number of hydrogen-bond acceptors (Lipinski definition) is 4. The van der Waals surface area contributed by atoms with Gasteiger partial charge in [-0.2, -0.15) is 13.2 Å². The maximum Gasteiger partial charge on any atom is 0.417 e. The van der Waals surface area contributed by atoms with E-state index < -0.39 is 52.1 Å². The fraction of sp³-hybridized carbons (Fsp3) is 0.320. The van der Waals surface area contributed by atoms with Gasteiger partial charge in [0.05, 0.1) is 23.8 Å². The van der Waals surface area contributed by atoms with Crippen LogP contribution in [-0.2, 0) is 28.9 Å². The molecule has 1 heterocycles. The molecule has 1 saturated carbocycles. The van der Waals surface area contributed by atoms with Crippen molar-refractivity contribution in [3.8, 4) is 11.4 Å². The number of nitrogens with zero attached hydrogens (tertiary/aromatic N) is 1. The lowest BCUT2D eigenvalue weighted by molar-refractivity contribution is -0.137. The normalized spacial score (nSPS) is 17.4.